The molecule has 0 radical (unpaired) electrons. The predicted molar refractivity (Wildman–Crippen MR) is 157 cm³/mol. The Balaban J connectivity index is 0.00000361. The highest BCUT2D eigenvalue weighted by atomic mass is 79.9. The van der Waals surface area contributed by atoms with Crippen LogP contribution in [0.2, 0.25) is 0 Å². The summed E-state index contributed by atoms with van der Waals surface area (Å²) in [5.41, 5.74) is 4.60. The summed E-state index contributed by atoms with van der Waals surface area (Å²) in [4.78, 5) is 7.43. The van der Waals surface area contributed by atoms with Crippen LogP contribution in [0.25, 0.3) is 0 Å². The molecule has 0 spiro atoms. The molecule has 0 aliphatic rings. The van der Waals surface area contributed by atoms with Gasteiger partial charge in [0.1, 0.15) is 11.5 Å². The number of hydrogen-bond acceptors (Lipinski definition) is 4. The fourth-order valence-corrected chi connectivity index (χ4v) is 4.59. The standard InChI is InChI=1S/C30H30N2O2S.BrH/c1-33-28-17-13-24(14-18-28)21-32(22-25-15-19-29(34-2)20-16-25)30(31-27-11-7-4-8-12-27)35-23-26-9-5-3-6-10-26;/h3-20H,21-23H2,1-2H3;1H. The van der Waals surface area contributed by atoms with E-state index in [2.05, 4.69) is 53.4 Å². The van der Waals surface area contributed by atoms with Crippen molar-refractivity contribution < 1.29 is 9.47 Å². The Kier molecular flexibility index (Phi) is 10.9. The Morgan fingerprint density at radius 1 is 0.639 bits per heavy atom. The summed E-state index contributed by atoms with van der Waals surface area (Å²) in [6, 6.07) is 37.1. The Bertz CT molecular complexity index is 1150. The van der Waals surface area contributed by atoms with Gasteiger partial charge < -0.3 is 14.4 Å². The lowest BCUT2D eigenvalue weighted by molar-refractivity contribution is 0.405. The Labute approximate surface area is 228 Å². The quantitative estimate of drug-likeness (QED) is 0.153. The summed E-state index contributed by atoms with van der Waals surface area (Å²) in [6.07, 6.45) is 0. The zero-order valence-corrected chi connectivity index (χ0v) is 23.1. The van der Waals surface area contributed by atoms with Gasteiger partial charge in [-0.2, -0.15) is 0 Å². The van der Waals surface area contributed by atoms with Crippen LogP contribution in [0.5, 0.6) is 11.5 Å². The van der Waals surface area contributed by atoms with E-state index in [0.29, 0.717) is 0 Å². The third kappa shape index (κ3) is 8.18. The van der Waals surface area contributed by atoms with Crippen LogP contribution < -0.4 is 9.47 Å². The van der Waals surface area contributed by atoms with Gasteiger partial charge in [-0.3, -0.25) is 0 Å². The first-order valence-electron chi connectivity index (χ1n) is 11.5. The Morgan fingerprint density at radius 3 is 1.58 bits per heavy atom. The molecule has 0 bridgehead atoms. The molecule has 4 aromatic rings. The van der Waals surface area contributed by atoms with Crippen molar-refractivity contribution in [3.63, 3.8) is 0 Å². The summed E-state index contributed by atoms with van der Waals surface area (Å²) in [5.74, 6) is 2.55. The first-order valence-corrected chi connectivity index (χ1v) is 12.5. The number of halogens is 1. The van der Waals surface area contributed by atoms with E-state index in [1.807, 2.05) is 60.7 Å². The molecule has 0 unspecified atom stereocenters. The van der Waals surface area contributed by atoms with Crippen molar-refractivity contribution in [3.05, 3.63) is 126 Å². The first kappa shape index (κ1) is 27.4. The molecule has 36 heavy (non-hydrogen) atoms. The van der Waals surface area contributed by atoms with E-state index in [9.17, 15) is 0 Å². The molecular weight excluding hydrogens is 532 g/mol. The van der Waals surface area contributed by atoms with E-state index >= 15 is 0 Å². The number of ether oxygens (including phenoxy) is 2. The van der Waals surface area contributed by atoms with Gasteiger partial charge in [0, 0.05) is 18.8 Å². The lowest BCUT2D eigenvalue weighted by atomic mass is 10.1. The SMILES string of the molecule is Br.COc1ccc(CN(Cc2ccc(OC)cc2)C(=Nc2ccccc2)SCc2ccccc2)cc1. The fourth-order valence-electron chi connectivity index (χ4n) is 3.62. The molecule has 0 aliphatic heterocycles. The highest BCUT2D eigenvalue weighted by molar-refractivity contribution is 8.93. The van der Waals surface area contributed by atoms with Crippen molar-refractivity contribution in [2.75, 3.05) is 14.2 Å². The zero-order chi connectivity index (χ0) is 24.3. The van der Waals surface area contributed by atoms with Crippen molar-refractivity contribution >= 4 is 39.6 Å². The Morgan fingerprint density at radius 2 is 1.11 bits per heavy atom. The highest BCUT2D eigenvalue weighted by Gasteiger charge is 2.15. The average Bonchev–Trinajstić information content (AvgIpc) is 2.92. The number of aliphatic imine (C=N–C) groups is 1. The molecule has 4 aromatic carbocycles. The van der Waals surface area contributed by atoms with Gasteiger partial charge in [-0.1, -0.05) is 84.6 Å². The first-order chi connectivity index (χ1) is 17.2. The van der Waals surface area contributed by atoms with Gasteiger partial charge in [-0.05, 0) is 53.1 Å². The molecule has 4 nitrogen and oxygen atoms in total. The van der Waals surface area contributed by atoms with Gasteiger partial charge in [0.25, 0.3) is 0 Å². The number of methoxy groups -OCH3 is 2. The molecule has 6 heteroatoms. The number of benzene rings is 4. The average molecular weight is 564 g/mol. The Hall–Kier alpha value is -3.22. The van der Waals surface area contributed by atoms with Crippen LogP contribution in [0.3, 0.4) is 0 Å². The highest BCUT2D eigenvalue weighted by Crippen LogP contribution is 2.25. The molecular formula is C30H31BrN2O2S. The van der Waals surface area contributed by atoms with E-state index in [1.165, 1.54) is 16.7 Å². The van der Waals surface area contributed by atoms with Crippen LogP contribution >= 0.6 is 28.7 Å². The van der Waals surface area contributed by atoms with Crippen molar-refractivity contribution in [1.29, 1.82) is 0 Å². The second kappa shape index (κ2) is 14.4. The van der Waals surface area contributed by atoms with Crippen LogP contribution in [0, 0.1) is 0 Å². The van der Waals surface area contributed by atoms with Crippen LogP contribution in [-0.4, -0.2) is 24.3 Å². The minimum absolute atomic E-state index is 0. The molecule has 0 aliphatic carbocycles. The van der Waals surface area contributed by atoms with Gasteiger partial charge in [0.2, 0.25) is 0 Å². The molecule has 0 heterocycles. The van der Waals surface area contributed by atoms with Gasteiger partial charge >= 0.3 is 0 Å². The normalized spacial score (nSPS) is 10.9. The smallest absolute Gasteiger partial charge is 0.165 e. The maximum atomic E-state index is 5.35. The number of para-hydroxylation sites is 1. The molecule has 4 rings (SSSR count). The molecule has 0 aromatic heterocycles. The summed E-state index contributed by atoms with van der Waals surface area (Å²) in [5, 5.41) is 0.978. The molecule has 0 fully saturated rings. The number of rotatable bonds is 9. The van der Waals surface area contributed by atoms with E-state index in [0.717, 1.165) is 41.2 Å². The van der Waals surface area contributed by atoms with Crippen molar-refractivity contribution in [3.8, 4) is 11.5 Å². The molecule has 0 amide bonds. The van der Waals surface area contributed by atoms with Crippen LogP contribution in [0.15, 0.2) is 114 Å². The molecule has 186 valence electrons. The number of thioether (sulfide) groups is 1. The minimum Gasteiger partial charge on any atom is -0.497 e. The number of hydrogen-bond donors (Lipinski definition) is 0. The molecule has 0 saturated carbocycles. The van der Waals surface area contributed by atoms with E-state index < -0.39 is 0 Å². The predicted octanol–water partition coefficient (Wildman–Crippen LogP) is 7.91. The van der Waals surface area contributed by atoms with E-state index in [-0.39, 0.29) is 17.0 Å². The second-order valence-electron chi connectivity index (χ2n) is 8.06. The molecule has 0 saturated heterocycles. The second-order valence-corrected chi connectivity index (χ2v) is 9.00. The minimum atomic E-state index is 0. The summed E-state index contributed by atoms with van der Waals surface area (Å²) < 4.78 is 10.7. The topological polar surface area (TPSA) is 34.1 Å². The lowest BCUT2D eigenvalue weighted by Gasteiger charge is -2.26. The summed E-state index contributed by atoms with van der Waals surface area (Å²) in [7, 11) is 3.38. The van der Waals surface area contributed by atoms with Gasteiger partial charge in [0.05, 0.1) is 19.9 Å². The van der Waals surface area contributed by atoms with Gasteiger partial charge in [-0.15, -0.1) is 17.0 Å². The summed E-state index contributed by atoms with van der Waals surface area (Å²) >= 11 is 1.76. The number of nitrogens with zero attached hydrogens (tertiary/aromatic N) is 2. The van der Waals surface area contributed by atoms with Crippen molar-refractivity contribution in [1.82, 2.24) is 4.90 Å². The molecule has 0 N–H and O–H groups in total. The maximum Gasteiger partial charge on any atom is 0.165 e. The van der Waals surface area contributed by atoms with Gasteiger partial charge in [0.15, 0.2) is 5.17 Å². The van der Waals surface area contributed by atoms with Crippen molar-refractivity contribution in [2.24, 2.45) is 4.99 Å². The lowest BCUT2D eigenvalue weighted by Crippen LogP contribution is -2.28. The van der Waals surface area contributed by atoms with E-state index in [1.54, 1.807) is 26.0 Å². The monoisotopic (exact) mass is 562 g/mol. The maximum absolute atomic E-state index is 5.35. The van der Waals surface area contributed by atoms with Crippen molar-refractivity contribution in [2.45, 2.75) is 18.8 Å². The van der Waals surface area contributed by atoms with Crippen LogP contribution in [0.1, 0.15) is 16.7 Å². The third-order valence-electron chi connectivity index (χ3n) is 5.53. The van der Waals surface area contributed by atoms with E-state index in [4.69, 9.17) is 14.5 Å². The summed E-state index contributed by atoms with van der Waals surface area (Å²) in [6.45, 7) is 1.45. The number of amidine groups is 1. The molecule has 0 atom stereocenters. The third-order valence-corrected chi connectivity index (χ3v) is 6.61. The van der Waals surface area contributed by atoms with Crippen LogP contribution in [-0.2, 0) is 18.8 Å². The van der Waals surface area contributed by atoms with Gasteiger partial charge in [-0.25, -0.2) is 4.99 Å². The van der Waals surface area contributed by atoms with Crippen LogP contribution in [0.4, 0.5) is 5.69 Å². The fraction of sp³-hybridized carbons (Fsp3) is 0.167. The zero-order valence-electron chi connectivity index (χ0n) is 20.5. The largest absolute Gasteiger partial charge is 0.497 e.